The van der Waals surface area contributed by atoms with Crippen molar-refractivity contribution in [2.45, 2.75) is 16.6 Å². The highest BCUT2D eigenvalue weighted by Crippen LogP contribution is 2.20. The summed E-state index contributed by atoms with van der Waals surface area (Å²) >= 11 is 7.32. The van der Waals surface area contributed by atoms with Crippen LogP contribution in [0.15, 0.2) is 23.1 Å². The van der Waals surface area contributed by atoms with Gasteiger partial charge in [0, 0.05) is 16.1 Å². The van der Waals surface area contributed by atoms with Crippen molar-refractivity contribution in [3.05, 3.63) is 23.8 Å². The largest absolute Gasteiger partial charge is 0.398 e. The van der Waals surface area contributed by atoms with E-state index < -0.39 is 0 Å². The molecule has 2 N–H and O–H groups in total. The molecule has 4 heteroatoms. The first-order valence-corrected chi connectivity index (χ1v) is 5.15. The van der Waals surface area contributed by atoms with Crippen LogP contribution in [0.25, 0.3) is 0 Å². The van der Waals surface area contributed by atoms with E-state index in [0.717, 1.165) is 4.90 Å². The van der Waals surface area contributed by atoms with Gasteiger partial charge in [-0.1, -0.05) is 15.9 Å². The Morgan fingerprint density at radius 3 is 2.69 bits per heavy atom. The molecule has 0 aliphatic rings. The van der Waals surface area contributed by atoms with Crippen molar-refractivity contribution in [1.29, 1.82) is 0 Å². The van der Waals surface area contributed by atoms with Crippen LogP contribution < -0.4 is 5.73 Å². The lowest BCUT2D eigenvalue weighted by molar-refractivity contribution is 0.0996. The van der Waals surface area contributed by atoms with E-state index in [2.05, 4.69) is 28.6 Å². The predicted octanol–water partition coefficient (Wildman–Crippen LogP) is 2.52. The van der Waals surface area contributed by atoms with Crippen molar-refractivity contribution >= 4 is 40.0 Å². The average molecular weight is 260 g/mol. The van der Waals surface area contributed by atoms with Crippen molar-refractivity contribution in [3.8, 4) is 0 Å². The molecule has 2 nitrogen and oxygen atoms in total. The van der Waals surface area contributed by atoms with E-state index in [9.17, 15) is 4.79 Å². The number of carbonyl (C=O) groups excluding carboxylic acids is 1. The van der Waals surface area contributed by atoms with Gasteiger partial charge in [-0.15, -0.1) is 12.6 Å². The summed E-state index contributed by atoms with van der Waals surface area (Å²) in [4.78, 5) is 12.1. The number of nitrogen functional groups attached to an aromatic ring is 1. The first-order chi connectivity index (χ1) is 6.02. The molecule has 1 aromatic rings. The van der Waals surface area contributed by atoms with Gasteiger partial charge >= 0.3 is 0 Å². The highest BCUT2D eigenvalue weighted by atomic mass is 79.9. The van der Waals surface area contributed by atoms with Gasteiger partial charge in [0.15, 0.2) is 5.78 Å². The maximum atomic E-state index is 11.5. The molecule has 1 atom stereocenters. The highest BCUT2D eigenvalue weighted by molar-refractivity contribution is 9.10. The normalized spacial score (nSPS) is 12.5. The van der Waals surface area contributed by atoms with E-state index >= 15 is 0 Å². The Hall–Kier alpha value is -0.480. The molecule has 0 saturated carbocycles. The quantitative estimate of drug-likeness (QED) is 0.371. The molecular formula is C9H10BrNOS. The van der Waals surface area contributed by atoms with Crippen molar-refractivity contribution < 1.29 is 4.79 Å². The van der Waals surface area contributed by atoms with Crippen LogP contribution in [0.5, 0.6) is 0 Å². The fraction of sp³-hybridized carbons (Fsp3) is 0.222. The van der Waals surface area contributed by atoms with Crippen LogP contribution in [0.4, 0.5) is 5.69 Å². The molecule has 0 aliphatic heterocycles. The molecule has 0 spiro atoms. The van der Waals surface area contributed by atoms with Crippen LogP contribution >= 0.6 is 28.6 Å². The summed E-state index contributed by atoms with van der Waals surface area (Å²) < 4.78 is 0. The second-order valence-electron chi connectivity index (χ2n) is 2.75. The van der Waals surface area contributed by atoms with Gasteiger partial charge in [0.25, 0.3) is 0 Å². The predicted molar refractivity (Wildman–Crippen MR) is 60.8 cm³/mol. The summed E-state index contributed by atoms with van der Waals surface area (Å²) in [5.74, 6) is -0.00849. The fourth-order valence-electron chi connectivity index (χ4n) is 0.989. The van der Waals surface area contributed by atoms with Crippen LogP contribution in [-0.4, -0.2) is 10.6 Å². The number of nitrogens with two attached hydrogens (primary N) is 1. The van der Waals surface area contributed by atoms with Gasteiger partial charge in [-0.3, -0.25) is 4.79 Å². The van der Waals surface area contributed by atoms with E-state index in [1.807, 2.05) is 0 Å². The van der Waals surface area contributed by atoms with E-state index in [4.69, 9.17) is 5.73 Å². The summed E-state index contributed by atoms with van der Waals surface area (Å²) in [6, 6.07) is 5.12. The third-order valence-electron chi connectivity index (χ3n) is 1.66. The third kappa shape index (κ3) is 2.48. The molecular weight excluding hydrogens is 250 g/mol. The molecule has 0 bridgehead atoms. The topological polar surface area (TPSA) is 43.1 Å². The zero-order chi connectivity index (χ0) is 10.0. The first kappa shape index (κ1) is 10.6. The minimum absolute atomic E-state index is 0.00849. The molecule has 70 valence electrons. The zero-order valence-corrected chi connectivity index (χ0v) is 9.60. The smallest absolute Gasteiger partial charge is 0.178 e. The van der Waals surface area contributed by atoms with Crippen LogP contribution in [0.1, 0.15) is 17.3 Å². The number of halogens is 1. The summed E-state index contributed by atoms with van der Waals surface area (Å²) in [6.45, 7) is 1.77. The number of hydrogen-bond acceptors (Lipinski definition) is 3. The molecule has 1 unspecified atom stereocenters. The molecule has 0 heterocycles. The van der Waals surface area contributed by atoms with Crippen LogP contribution in [0.2, 0.25) is 0 Å². The second-order valence-corrected chi connectivity index (χ2v) is 4.64. The van der Waals surface area contributed by atoms with Gasteiger partial charge < -0.3 is 5.73 Å². The molecule has 0 amide bonds. The lowest BCUT2D eigenvalue weighted by atomic mass is 10.1. The van der Waals surface area contributed by atoms with Gasteiger partial charge in [0.2, 0.25) is 0 Å². The van der Waals surface area contributed by atoms with E-state index in [-0.39, 0.29) is 10.6 Å². The number of Topliss-reactive ketones (excluding diaryl/α,β-unsaturated/α-hetero) is 1. The number of anilines is 1. The Bertz CT molecular complexity index is 338. The fourth-order valence-corrected chi connectivity index (χ4v) is 1.45. The van der Waals surface area contributed by atoms with E-state index in [1.54, 1.807) is 25.1 Å². The van der Waals surface area contributed by atoms with Gasteiger partial charge in [-0.25, -0.2) is 0 Å². The summed E-state index contributed by atoms with van der Waals surface area (Å²) in [6.07, 6.45) is 0. The molecule has 0 saturated heterocycles. The van der Waals surface area contributed by atoms with Crippen molar-refractivity contribution in [2.75, 3.05) is 5.73 Å². The maximum Gasteiger partial charge on any atom is 0.178 e. The van der Waals surface area contributed by atoms with Crippen LogP contribution in [0.3, 0.4) is 0 Å². The third-order valence-corrected chi connectivity index (χ3v) is 2.36. The summed E-state index contributed by atoms with van der Waals surface area (Å²) in [5.41, 5.74) is 6.69. The summed E-state index contributed by atoms with van der Waals surface area (Å²) in [7, 11) is 0. The standard InChI is InChI=1S/C9H10BrNOS/c1-5(10)9(12)7-3-2-6(13)4-8(7)11/h2-5,13H,11H2,1H3. The number of thiol groups is 1. The van der Waals surface area contributed by atoms with Crippen LogP contribution in [-0.2, 0) is 0 Å². The Morgan fingerprint density at radius 1 is 1.62 bits per heavy atom. The number of rotatable bonds is 2. The van der Waals surface area contributed by atoms with E-state index in [0.29, 0.717) is 11.3 Å². The van der Waals surface area contributed by atoms with Gasteiger partial charge in [0.05, 0.1) is 4.83 Å². The van der Waals surface area contributed by atoms with E-state index in [1.165, 1.54) is 0 Å². The number of benzene rings is 1. The molecule has 0 aliphatic carbocycles. The number of ketones is 1. The summed E-state index contributed by atoms with van der Waals surface area (Å²) in [5, 5.41) is 0. The monoisotopic (exact) mass is 259 g/mol. The number of alkyl halides is 1. The highest BCUT2D eigenvalue weighted by Gasteiger charge is 2.14. The molecule has 0 fully saturated rings. The number of carbonyl (C=O) groups is 1. The second kappa shape index (κ2) is 4.15. The van der Waals surface area contributed by atoms with Crippen LogP contribution in [0, 0.1) is 0 Å². The minimum atomic E-state index is -0.208. The molecule has 13 heavy (non-hydrogen) atoms. The Morgan fingerprint density at radius 2 is 2.23 bits per heavy atom. The lowest BCUT2D eigenvalue weighted by Gasteiger charge is -2.06. The Labute approximate surface area is 91.1 Å². The van der Waals surface area contributed by atoms with Gasteiger partial charge in [0.1, 0.15) is 0 Å². The van der Waals surface area contributed by atoms with Gasteiger partial charge in [-0.05, 0) is 25.1 Å². The molecule has 1 rings (SSSR count). The van der Waals surface area contributed by atoms with Crippen molar-refractivity contribution in [1.82, 2.24) is 0 Å². The molecule has 1 aromatic carbocycles. The molecule has 0 aromatic heterocycles. The van der Waals surface area contributed by atoms with Crippen molar-refractivity contribution in [3.63, 3.8) is 0 Å². The zero-order valence-electron chi connectivity index (χ0n) is 7.12. The first-order valence-electron chi connectivity index (χ1n) is 3.79. The minimum Gasteiger partial charge on any atom is -0.398 e. The average Bonchev–Trinajstić information content (AvgIpc) is 2.03. The Kier molecular flexibility index (Phi) is 3.39. The SMILES string of the molecule is CC(Br)C(=O)c1ccc(S)cc1N. The van der Waals surface area contributed by atoms with Gasteiger partial charge in [-0.2, -0.15) is 0 Å². The maximum absolute atomic E-state index is 11.5. The molecule has 0 radical (unpaired) electrons. The lowest BCUT2D eigenvalue weighted by Crippen LogP contribution is -2.12. The van der Waals surface area contributed by atoms with Crippen molar-refractivity contribution in [2.24, 2.45) is 0 Å². The number of hydrogen-bond donors (Lipinski definition) is 2. The Balaban J connectivity index is 3.09.